The Morgan fingerprint density at radius 1 is 1.31 bits per heavy atom. The first-order valence-electron chi connectivity index (χ1n) is 5.80. The molecule has 0 bridgehead atoms. The maximum atomic E-state index is 14.1. The van der Waals surface area contributed by atoms with Crippen molar-refractivity contribution in [1.29, 1.82) is 0 Å². The van der Waals surface area contributed by atoms with Gasteiger partial charge in [-0.1, -0.05) is 6.07 Å². The van der Waals surface area contributed by atoms with Gasteiger partial charge in [0.25, 0.3) is 0 Å². The average Bonchev–Trinajstić information content (AvgIpc) is 2.93. The van der Waals surface area contributed by atoms with Crippen LogP contribution in [0, 0.1) is 11.7 Å². The molecule has 1 aromatic carbocycles. The third-order valence-electron chi connectivity index (χ3n) is 3.42. The monoisotopic (exact) mass is 218 g/mol. The van der Waals surface area contributed by atoms with E-state index in [0.717, 1.165) is 37.0 Å². The molecule has 1 unspecified atom stereocenters. The van der Waals surface area contributed by atoms with Crippen molar-refractivity contribution in [1.82, 2.24) is 10.3 Å². The molecule has 1 aliphatic heterocycles. The summed E-state index contributed by atoms with van der Waals surface area (Å²) in [5.41, 5.74) is 1.73. The van der Waals surface area contributed by atoms with Gasteiger partial charge in [-0.15, -0.1) is 0 Å². The summed E-state index contributed by atoms with van der Waals surface area (Å²) in [4.78, 5) is 3.03. The molecule has 3 rings (SSSR count). The van der Waals surface area contributed by atoms with Gasteiger partial charge in [-0.05, 0) is 49.5 Å². The first-order valence-corrected chi connectivity index (χ1v) is 5.80. The van der Waals surface area contributed by atoms with Gasteiger partial charge in [0.2, 0.25) is 0 Å². The average molecular weight is 218 g/mol. The number of hydrogen-bond donors (Lipinski definition) is 2. The summed E-state index contributed by atoms with van der Waals surface area (Å²) < 4.78 is 14.1. The van der Waals surface area contributed by atoms with Gasteiger partial charge in [0.1, 0.15) is 5.82 Å². The van der Waals surface area contributed by atoms with Crippen molar-refractivity contribution in [3.63, 3.8) is 0 Å². The van der Waals surface area contributed by atoms with Gasteiger partial charge in [0.05, 0.1) is 0 Å². The fourth-order valence-corrected chi connectivity index (χ4v) is 2.50. The summed E-state index contributed by atoms with van der Waals surface area (Å²) in [6.45, 7) is 2.09. The highest BCUT2D eigenvalue weighted by Gasteiger charge is 2.17. The summed E-state index contributed by atoms with van der Waals surface area (Å²) in [6, 6.07) is 5.68. The lowest BCUT2D eigenvalue weighted by atomic mass is 9.97. The highest BCUT2D eigenvalue weighted by molar-refractivity contribution is 5.80. The van der Waals surface area contributed by atoms with Crippen LogP contribution in [-0.2, 0) is 6.42 Å². The standard InChI is InChI=1S/C13H15FN2/c14-13-10(7-9-3-5-15-8-9)1-2-12-11(13)4-6-16-12/h1-2,4,6,9,15-16H,3,5,7-8H2. The van der Waals surface area contributed by atoms with Crippen molar-refractivity contribution >= 4 is 10.9 Å². The molecule has 2 N–H and O–H groups in total. The largest absolute Gasteiger partial charge is 0.361 e. The fourth-order valence-electron chi connectivity index (χ4n) is 2.50. The van der Waals surface area contributed by atoms with Crippen LogP contribution in [0.2, 0.25) is 0 Å². The zero-order chi connectivity index (χ0) is 11.0. The van der Waals surface area contributed by atoms with E-state index in [0.29, 0.717) is 11.3 Å². The van der Waals surface area contributed by atoms with Crippen LogP contribution in [0.15, 0.2) is 24.4 Å². The molecule has 16 heavy (non-hydrogen) atoms. The Morgan fingerprint density at radius 3 is 3.06 bits per heavy atom. The molecule has 3 heteroatoms. The normalized spacial score (nSPS) is 20.7. The van der Waals surface area contributed by atoms with Crippen LogP contribution >= 0.6 is 0 Å². The molecule has 0 radical (unpaired) electrons. The fraction of sp³-hybridized carbons (Fsp3) is 0.385. The van der Waals surface area contributed by atoms with E-state index in [1.165, 1.54) is 0 Å². The minimum atomic E-state index is -0.0503. The number of rotatable bonds is 2. The number of fused-ring (bicyclic) bond motifs is 1. The number of nitrogens with one attached hydrogen (secondary N) is 2. The van der Waals surface area contributed by atoms with E-state index in [4.69, 9.17) is 0 Å². The Labute approximate surface area is 93.9 Å². The molecule has 1 aromatic heterocycles. The van der Waals surface area contributed by atoms with Crippen molar-refractivity contribution in [3.8, 4) is 0 Å². The first-order chi connectivity index (χ1) is 7.84. The Hall–Kier alpha value is -1.35. The number of aromatic nitrogens is 1. The van der Waals surface area contributed by atoms with Crippen LogP contribution in [0.3, 0.4) is 0 Å². The lowest BCUT2D eigenvalue weighted by molar-refractivity contribution is 0.548. The minimum Gasteiger partial charge on any atom is -0.361 e. The Kier molecular flexibility index (Phi) is 2.40. The van der Waals surface area contributed by atoms with Crippen LogP contribution in [0.1, 0.15) is 12.0 Å². The molecule has 2 nitrogen and oxygen atoms in total. The van der Waals surface area contributed by atoms with Gasteiger partial charge in [-0.25, -0.2) is 4.39 Å². The van der Waals surface area contributed by atoms with E-state index < -0.39 is 0 Å². The van der Waals surface area contributed by atoms with E-state index in [2.05, 4.69) is 10.3 Å². The maximum Gasteiger partial charge on any atom is 0.135 e. The van der Waals surface area contributed by atoms with Crippen molar-refractivity contribution in [3.05, 3.63) is 35.8 Å². The van der Waals surface area contributed by atoms with E-state index >= 15 is 0 Å². The Morgan fingerprint density at radius 2 is 2.25 bits per heavy atom. The van der Waals surface area contributed by atoms with E-state index in [1.807, 2.05) is 12.1 Å². The van der Waals surface area contributed by atoms with Crippen LogP contribution < -0.4 is 5.32 Å². The summed E-state index contributed by atoms with van der Waals surface area (Å²) in [7, 11) is 0. The summed E-state index contributed by atoms with van der Waals surface area (Å²) in [5, 5.41) is 4.03. The van der Waals surface area contributed by atoms with Crippen LogP contribution in [0.25, 0.3) is 10.9 Å². The van der Waals surface area contributed by atoms with Crippen LogP contribution in [-0.4, -0.2) is 18.1 Å². The molecule has 0 aliphatic carbocycles. The second kappa shape index (κ2) is 3.91. The predicted molar refractivity (Wildman–Crippen MR) is 62.9 cm³/mol. The van der Waals surface area contributed by atoms with E-state index in [1.54, 1.807) is 12.3 Å². The molecule has 0 amide bonds. The maximum absolute atomic E-state index is 14.1. The number of aromatic amines is 1. The summed E-state index contributed by atoms with van der Waals surface area (Å²) in [6.07, 6.45) is 3.79. The van der Waals surface area contributed by atoms with Gasteiger partial charge < -0.3 is 10.3 Å². The lowest BCUT2D eigenvalue weighted by Crippen LogP contribution is -2.11. The number of H-pyrrole nitrogens is 1. The Bertz CT molecular complexity index is 498. The molecule has 0 saturated carbocycles. The zero-order valence-corrected chi connectivity index (χ0v) is 9.09. The first kappa shape index (κ1) is 9.85. The van der Waals surface area contributed by atoms with E-state index in [-0.39, 0.29) is 5.82 Å². The molecule has 84 valence electrons. The summed E-state index contributed by atoms with van der Waals surface area (Å²) in [5.74, 6) is 0.538. The number of halogens is 1. The van der Waals surface area contributed by atoms with Gasteiger partial charge in [-0.2, -0.15) is 0 Å². The predicted octanol–water partition coefficient (Wildman–Crippen LogP) is 2.46. The Balaban J connectivity index is 1.93. The van der Waals surface area contributed by atoms with Gasteiger partial charge in [0, 0.05) is 17.1 Å². The molecule has 1 saturated heterocycles. The molecular formula is C13H15FN2. The summed E-state index contributed by atoms with van der Waals surface area (Å²) >= 11 is 0. The highest BCUT2D eigenvalue weighted by Crippen LogP contribution is 2.23. The van der Waals surface area contributed by atoms with Crippen molar-refractivity contribution < 1.29 is 4.39 Å². The number of hydrogen-bond acceptors (Lipinski definition) is 1. The molecule has 1 fully saturated rings. The van der Waals surface area contributed by atoms with Gasteiger partial charge >= 0.3 is 0 Å². The van der Waals surface area contributed by atoms with Crippen molar-refractivity contribution in [2.24, 2.45) is 5.92 Å². The number of benzene rings is 1. The lowest BCUT2D eigenvalue weighted by Gasteiger charge is -2.09. The van der Waals surface area contributed by atoms with Crippen molar-refractivity contribution in [2.45, 2.75) is 12.8 Å². The topological polar surface area (TPSA) is 27.8 Å². The SMILES string of the molecule is Fc1c(CC2CCNC2)ccc2[nH]ccc12. The molecule has 1 aliphatic rings. The molecular weight excluding hydrogens is 203 g/mol. The van der Waals surface area contributed by atoms with Crippen LogP contribution in [0.4, 0.5) is 4.39 Å². The second-order valence-corrected chi connectivity index (χ2v) is 4.54. The molecule has 0 spiro atoms. The third kappa shape index (κ3) is 1.61. The van der Waals surface area contributed by atoms with Crippen molar-refractivity contribution in [2.75, 3.05) is 13.1 Å². The second-order valence-electron chi connectivity index (χ2n) is 4.54. The minimum absolute atomic E-state index is 0.0503. The third-order valence-corrected chi connectivity index (χ3v) is 3.42. The zero-order valence-electron chi connectivity index (χ0n) is 9.09. The van der Waals surface area contributed by atoms with Gasteiger partial charge in [0.15, 0.2) is 0 Å². The highest BCUT2D eigenvalue weighted by atomic mass is 19.1. The van der Waals surface area contributed by atoms with Gasteiger partial charge in [-0.3, -0.25) is 0 Å². The molecule has 1 atom stereocenters. The van der Waals surface area contributed by atoms with Crippen LogP contribution in [0.5, 0.6) is 0 Å². The smallest absolute Gasteiger partial charge is 0.135 e. The molecule has 2 aromatic rings. The molecule has 2 heterocycles. The van der Waals surface area contributed by atoms with E-state index in [9.17, 15) is 4.39 Å². The quantitative estimate of drug-likeness (QED) is 0.796.